The second kappa shape index (κ2) is 9.48. The molecule has 3 unspecified atom stereocenters. The molecule has 0 radical (unpaired) electrons. The van der Waals surface area contributed by atoms with Crippen LogP contribution >= 0.6 is 25.6 Å². The quantitative estimate of drug-likeness (QED) is 0.482. The van der Waals surface area contributed by atoms with Gasteiger partial charge in [-0.1, -0.05) is 62.0 Å². The Balaban J connectivity index is 1.49. The highest BCUT2D eigenvalue weighted by Crippen LogP contribution is 2.38. The number of Topliss-reactive ketones (excluding diaryl/α,β-unsaturated/α-hetero) is 2. The first kappa shape index (κ1) is 22.6. The standard InChI is InChI=1S/C23H28N2O4S2/c1-2-29-23(28)21-18(10-12-25(21)31)22(27)20-17(9-11-24(20)30)19(26)13-15-8-7-14-5-3-4-6-16(14)15/h3-8,15,17-18,20-21,30-31H,2,9-13H2,1H3/t15?,17?,18?,20-,21+/m1/s1. The Morgan fingerprint density at radius 1 is 1.03 bits per heavy atom. The van der Waals surface area contributed by atoms with Gasteiger partial charge in [-0.15, -0.1) is 0 Å². The zero-order valence-electron chi connectivity index (χ0n) is 17.5. The van der Waals surface area contributed by atoms with Crippen molar-refractivity contribution in [3.63, 3.8) is 0 Å². The van der Waals surface area contributed by atoms with E-state index in [0.717, 1.165) is 11.1 Å². The average Bonchev–Trinajstić information content (AvgIpc) is 3.45. The van der Waals surface area contributed by atoms with Gasteiger partial charge in [-0.3, -0.25) is 14.4 Å². The van der Waals surface area contributed by atoms with E-state index >= 15 is 0 Å². The van der Waals surface area contributed by atoms with Crippen molar-refractivity contribution in [2.45, 2.75) is 44.2 Å². The number of hydrogen-bond acceptors (Lipinski definition) is 8. The number of carbonyl (C=O) groups excluding carboxylic acids is 3. The zero-order chi connectivity index (χ0) is 22.1. The van der Waals surface area contributed by atoms with Gasteiger partial charge in [0.25, 0.3) is 0 Å². The second-order valence-electron chi connectivity index (χ2n) is 8.43. The van der Waals surface area contributed by atoms with E-state index < -0.39 is 29.9 Å². The van der Waals surface area contributed by atoms with E-state index in [-0.39, 0.29) is 24.1 Å². The predicted molar refractivity (Wildman–Crippen MR) is 125 cm³/mol. The maximum atomic E-state index is 13.5. The van der Waals surface area contributed by atoms with Crippen LogP contribution in [0, 0.1) is 11.8 Å². The number of benzene rings is 1. The fraction of sp³-hybridized carbons (Fsp3) is 0.522. The van der Waals surface area contributed by atoms with Gasteiger partial charge >= 0.3 is 5.97 Å². The van der Waals surface area contributed by atoms with Crippen molar-refractivity contribution in [2.24, 2.45) is 11.8 Å². The summed E-state index contributed by atoms with van der Waals surface area (Å²) in [6, 6.07) is 6.73. The van der Waals surface area contributed by atoms with Gasteiger partial charge in [-0.2, -0.15) is 0 Å². The molecule has 8 heteroatoms. The van der Waals surface area contributed by atoms with Gasteiger partial charge < -0.3 is 4.74 Å². The van der Waals surface area contributed by atoms with Gasteiger partial charge in [0.15, 0.2) is 5.78 Å². The maximum Gasteiger partial charge on any atom is 0.325 e. The molecule has 6 nitrogen and oxygen atoms in total. The lowest BCUT2D eigenvalue weighted by Gasteiger charge is -2.28. The molecule has 2 fully saturated rings. The third kappa shape index (κ3) is 4.35. The third-order valence-corrected chi connectivity index (χ3v) is 7.56. The Morgan fingerprint density at radius 3 is 2.45 bits per heavy atom. The highest BCUT2D eigenvalue weighted by atomic mass is 32.1. The van der Waals surface area contributed by atoms with Crippen LogP contribution in [0.15, 0.2) is 30.3 Å². The smallest absolute Gasteiger partial charge is 0.325 e. The van der Waals surface area contributed by atoms with Crippen molar-refractivity contribution in [1.82, 2.24) is 8.61 Å². The monoisotopic (exact) mass is 460 g/mol. The zero-order valence-corrected chi connectivity index (χ0v) is 19.3. The van der Waals surface area contributed by atoms with Crippen molar-refractivity contribution in [1.29, 1.82) is 0 Å². The highest BCUT2D eigenvalue weighted by molar-refractivity contribution is 7.78. The summed E-state index contributed by atoms with van der Waals surface area (Å²) in [6.45, 7) is 3.07. The topological polar surface area (TPSA) is 66.9 Å². The van der Waals surface area contributed by atoms with Crippen LogP contribution in [0.3, 0.4) is 0 Å². The molecule has 2 heterocycles. The molecule has 2 aliphatic heterocycles. The molecular weight excluding hydrogens is 432 g/mol. The lowest BCUT2D eigenvalue weighted by molar-refractivity contribution is -0.150. The molecule has 31 heavy (non-hydrogen) atoms. The highest BCUT2D eigenvalue weighted by Gasteiger charge is 2.50. The van der Waals surface area contributed by atoms with Gasteiger partial charge in [0, 0.05) is 37.3 Å². The van der Waals surface area contributed by atoms with Crippen LogP contribution in [0.25, 0.3) is 6.08 Å². The van der Waals surface area contributed by atoms with E-state index in [1.807, 2.05) is 18.2 Å². The molecule has 0 saturated carbocycles. The van der Waals surface area contributed by atoms with Gasteiger partial charge in [0.05, 0.1) is 12.6 Å². The second-order valence-corrected chi connectivity index (χ2v) is 9.45. The number of ketones is 2. The molecule has 5 atom stereocenters. The molecule has 0 spiro atoms. The molecule has 0 aromatic heterocycles. The molecule has 4 rings (SSSR count). The number of thiol groups is 2. The number of fused-ring (bicyclic) bond motifs is 1. The third-order valence-electron chi connectivity index (χ3n) is 6.67. The molecule has 1 aromatic carbocycles. The van der Waals surface area contributed by atoms with Crippen molar-refractivity contribution >= 4 is 49.2 Å². The lowest BCUT2D eigenvalue weighted by atomic mass is 9.81. The van der Waals surface area contributed by atoms with Gasteiger partial charge in [-0.25, -0.2) is 8.61 Å². The predicted octanol–water partition coefficient (Wildman–Crippen LogP) is 2.96. The van der Waals surface area contributed by atoms with Crippen molar-refractivity contribution in [3.8, 4) is 0 Å². The number of ether oxygens (including phenoxy) is 1. The molecule has 0 amide bonds. The largest absolute Gasteiger partial charge is 0.465 e. The number of esters is 1. The molecule has 166 valence electrons. The summed E-state index contributed by atoms with van der Waals surface area (Å²) in [5.74, 6) is -1.38. The van der Waals surface area contributed by atoms with Crippen LogP contribution in [-0.2, 0) is 19.1 Å². The minimum atomic E-state index is -0.724. The Kier molecular flexibility index (Phi) is 6.91. The van der Waals surface area contributed by atoms with Crippen LogP contribution in [0.2, 0.25) is 0 Å². The fourth-order valence-corrected chi connectivity index (χ4v) is 5.90. The van der Waals surface area contributed by atoms with Crippen LogP contribution in [0.1, 0.15) is 43.2 Å². The molecule has 2 saturated heterocycles. The minimum Gasteiger partial charge on any atom is -0.465 e. The summed E-state index contributed by atoms with van der Waals surface area (Å²) in [5, 5.41) is 0. The summed E-state index contributed by atoms with van der Waals surface area (Å²) in [7, 11) is 0. The van der Waals surface area contributed by atoms with Crippen LogP contribution in [-0.4, -0.2) is 57.9 Å². The molecule has 1 aromatic rings. The van der Waals surface area contributed by atoms with E-state index in [1.165, 1.54) is 0 Å². The molecular formula is C23H28N2O4S2. The average molecular weight is 461 g/mol. The van der Waals surface area contributed by atoms with E-state index in [4.69, 9.17) is 4.74 Å². The van der Waals surface area contributed by atoms with Crippen LogP contribution in [0.4, 0.5) is 0 Å². The van der Waals surface area contributed by atoms with Gasteiger partial charge in [-0.05, 0) is 30.9 Å². The van der Waals surface area contributed by atoms with Crippen molar-refractivity contribution in [2.75, 3.05) is 19.7 Å². The van der Waals surface area contributed by atoms with Crippen LogP contribution < -0.4 is 0 Å². The summed E-state index contributed by atoms with van der Waals surface area (Å²) < 4.78 is 8.43. The first-order chi connectivity index (χ1) is 14.9. The Labute approximate surface area is 194 Å². The van der Waals surface area contributed by atoms with Gasteiger partial charge in [0.1, 0.15) is 11.8 Å². The van der Waals surface area contributed by atoms with E-state index in [1.54, 1.807) is 15.5 Å². The SMILES string of the molecule is CCOC(=O)[C@@H]1C(C(=O)[C@H]2C(C(=O)CC3C=Cc4ccccc43)CCN2S)CCN1S. The summed E-state index contributed by atoms with van der Waals surface area (Å²) >= 11 is 8.89. The van der Waals surface area contributed by atoms with E-state index in [2.05, 4.69) is 43.8 Å². The maximum absolute atomic E-state index is 13.5. The van der Waals surface area contributed by atoms with Crippen molar-refractivity contribution < 1.29 is 19.1 Å². The molecule has 1 aliphatic carbocycles. The van der Waals surface area contributed by atoms with E-state index in [9.17, 15) is 14.4 Å². The normalized spacial score (nSPS) is 30.5. The summed E-state index contributed by atoms with van der Waals surface area (Å²) in [5.41, 5.74) is 2.30. The molecule has 3 aliphatic rings. The number of rotatable bonds is 7. The minimum absolute atomic E-state index is 0.0418. The first-order valence-corrected chi connectivity index (χ1v) is 11.6. The van der Waals surface area contributed by atoms with Crippen LogP contribution in [0.5, 0.6) is 0 Å². The number of carbonyl (C=O) groups is 3. The Hall–Kier alpha value is -1.61. The van der Waals surface area contributed by atoms with Crippen molar-refractivity contribution in [3.05, 3.63) is 41.5 Å². The van der Waals surface area contributed by atoms with E-state index in [0.29, 0.717) is 32.4 Å². The first-order valence-electron chi connectivity index (χ1n) is 10.8. The molecule has 0 bridgehead atoms. The van der Waals surface area contributed by atoms with Gasteiger partial charge in [0.2, 0.25) is 0 Å². The number of allylic oxidation sites excluding steroid dienone is 1. The number of hydrogen-bond donors (Lipinski definition) is 2. The summed E-state index contributed by atoms with van der Waals surface area (Å²) in [4.78, 5) is 39.3. The number of nitrogens with zero attached hydrogens (tertiary/aromatic N) is 2. The fourth-order valence-electron chi connectivity index (χ4n) is 5.14. The Bertz CT molecular complexity index is 905. The lowest BCUT2D eigenvalue weighted by Crippen LogP contribution is -2.47. The molecule has 0 N–H and O–H groups in total. The Morgan fingerprint density at radius 2 is 1.71 bits per heavy atom. The summed E-state index contributed by atoms with van der Waals surface area (Å²) in [6.07, 6.45) is 5.61.